The number of hydrogen-bond donors (Lipinski definition) is 0. The van der Waals surface area contributed by atoms with Gasteiger partial charge >= 0.3 is 0 Å². The standard InChI is InChI=1S/C21H27N3O2/c1-15-18(17-8-3-4-9-19(17)22(15)2)14-20(25)23-10-12-24(13-11-23)21(26)16-6-5-7-16/h3-4,8-9,16H,5-7,10-14H2,1-2H3. The van der Waals surface area contributed by atoms with Crippen molar-refractivity contribution in [2.24, 2.45) is 13.0 Å². The Labute approximate surface area is 154 Å². The van der Waals surface area contributed by atoms with Gasteiger partial charge in [-0.2, -0.15) is 0 Å². The first kappa shape index (κ1) is 17.1. The highest BCUT2D eigenvalue weighted by atomic mass is 16.2. The molecule has 138 valence electrons. The second-order valence-corrected chi connectivity index (χ2v) is 7.65. The Kier molecular flexibility index (Phi) is 4.47. The van der Waals surface area contributed by atoms with Crippen LogP contribution in [0, 0.1) is 12.8 Å². The van der Waals surface area contributed by atoms with E-state index in [1.807, 2.05) is 21.9 Å². The number of amides is 2. The third-order valence-electron chi connectivity index (χ3n) is 6.26. The zero-order valence-electron chi connectivity index (χ0n) is 15.7. The molecule has 0 spiro atoms. The summed E-state index contributed by atoms with van der Waals surface area (Å²) in [6.07, 6.45) is 3.69. The molecule has 5 nitrogen and oxygen atoms in total. The first-order chi connectivity index (χ1) is 12.6. The molecule has 2 fully saturated rings. The SMILES string of the molecule is Cc1c(CC(=O)N2CCN(C(=O)C3CCC3)CC2)c2ccccc2n1C. The highest BCUT2D eigenvalue weighted by molar-refractivity contribution is 5.90. The number of carbonyl (C=O) groups is 2. The number of fused-ring (bicyclic) bond motifs is 1. The van der Waals surface area contributed by atoms with Crippen molar-refractivity contribution in [2.75, 3.05) is 26.2 Å². The summed E-state index contributed by atoms with van der Waals surface area (Å²) in [4.78, 5) is 29.1. The van der Waals surface area contributed by atoms with Crippen molar-refractivity contribution in [3.05, 3.63) is 35.5 Å². The van der Waals surface area contributed by atoms with E-state index in [0.29, 0.717) is 38.5 Å². The van der Waals surface area contributed by atoms with Crippen molar-refractivity contribution >= 4 is 22.7 Å². The van der Waals surface area contributed by atoms with E-state index in [2.05, 4.69) is 30.7 Å². The van der Waals surface area contributed by atoms with E-state index in [1.165, 1.54) is 17.3 Å². The topological polar surface area (TPSA) is 45.6 Å². The minimum absolute atomic E-state index is 0.167. The number of benzene rings is 1. The number of carbonyl (C=O) groups excluding carboxylic acids is 2. The van der Waals surface area contributed by atoms with Gasteiger partial charge in [-0.25, -0.2) is 0 Å². The zero-order valence-corrected chi connectivity index (χ0v) is 15.7. The van der Waals surface area contributed by atoms with E-state index < -0.39 is 0 Å². The second kappa shape index (κ2) is 6.78. The number of para-hydroxylation sites is 1. The monoisotopic (exact) mass is 353 g/mol. The Morgan fingerprint density at radius 3 is 2.35 bits per heavy atom. The first-order valence-corrected chi connectivity index (χ1v) is 9.65. The third kappa shape index (κ3) is 2.89. The van der Waals surface area contributed by atoms with Crippen molar-refractivity contribution in [1.82, 2.24) is 14.4 Å². The molecular formula is C21H27N3O2. The third-order valence-corrected chi connectivity index (χ3v) is 6.26. The molecule has 1 saturated carbocycles. The normalized spacial score (nSPS) is 18.2. The molecule has 1 aliphatic heterocycles. The largest absolute Gasteiger partial charge is 0.348 e. The van der Waals surface area contributed by atoms with Crippen LogP contribution in [-0.2, 0) is 23.1 Å². The van der Waals surface area contributed by atoms with E-state index in [1.54, 1.807) is 0 Å². The van der Waals surface area contributed by atoms with Crippen LogP contribution in [0.15, 0.2) is 24.3 Å². The number of piperazine rings is 1. The Balaban J connectivity index is 1.42. The lowest BCUT2D eigenvalue weighted by atomic mass is 9.84. The van der Waals surface area contributed by atoms with E-state index in [4.69, 9.17) is 0 Å². The summed E-state index contributed by atoms with van der Waals surface area (Å²) in [6.45, 7) is 4.74. The van der Waals surface area contributed by atoms with Gasteiger partial charge in [0.1, 0.15) is 0 Å². The van der Waals surface area contributed by atoms with Crippen LogP contribution in [0.25, 0.3) is 10.9 Å². The van der Waals surface area contributed by atoms with Gasteiger partial charge < -0.3 is 14.4 Å². The molecule has 2 amide bonds. The van der Waals surface area contributed by atoms with Crippen molar-refractivity contribution in [3.63, 3.8) is 0 Å². The van der Waals surface area contributed by atoms with E-state index >= 15 is 0 Å². The summed E-state index contributed by atoms with van der Waals surface area (Å²) in [7, 11) is 2.05. The predicted molar refractivity (Wildman–Crippen MR) is 102 cm³/mol. The van der Waals surface area contributed by atoms with Gasteiger partial charge in [-0.05, 0) is 31.4 Å². The quantitative estimate of drug-likeness (QED) is 0.851. The van der Waals surface area contributed by atoms with Crippen molar-refractivity contribution in [3.8, 4) is 0 Å². The maximum Gasteiger partial charge on any atom is 0.227 e. The summed E-state index contributed by atoms with van der Waals surface area (Å²) < 4.78 is 2.16. The number of aryl methyl sites for hydroxylation is 1. The molecule has 0 unspecified atom stereocenters. The Hall–Kier alpha value is -2.30. The van der Waals surface area contributed by atoms with Gasteiger partial charge in [-0.1, -0.05) is 24.6 Å². The molecule has 0 radical (unpaired) electrons. The average molecular weight is 353 g/mol. The summed E-state index contributed by atoms with van der Waals surface area (Å²) in [5, 5.41) is 1.17. The average Bonchev–Trinajstić information content (AvgIpc) is 2.85. The lowest BCUT2D eigenvalue weighted by Gasteiger charge is -2.38. The maximum absolute atomic E-state index is 12.9. The van der Waals surface area contributed by atoms with Gasteiger partial charge in [-0.3, -0.25) is 9.59 Å². The molecule has 0 N–H and O–H groups in total. The molecular weight excluding hydrogens is 326 g/mol. The molecule has 2 aromatic rings. The van der Waals surface area contributed by atoms with Gasteiger partial charge in [0.15, 0.2) is 0 Å². The Bertz CT molecular complexity index is 842. The Morgan fingerprint density at radius 1 is 1.04 bits per heavy atom. The minimum atomic E-state index is 0.167. The number of aromatic nitrogens is 1. The smallest absolute Gasteiger partial charge is 0.227 e. The van der Waals surface area contributed by atoms with Gasteiger partial charge in [-0.15, -0.1) is 0 Å². The van der Waals surface area contributed by atoms with Crippen LogP contribution < -0.4 is 0 Å². The zero-order chi connectivity index (χ0) is 18.3. The van der Waals surface area contributed by atoms with Crippen LogP contribution in [-0.4, -0.2) is 52.4 Å². The first-order valence-electron chi connectivity index (χ1n) is 9.65. The van der Waals surface area contributed by atoms with Gasteiger partial charge in [0.25, 0.3) is 0 Å². The molecule has 0 atom stereocenters. The molecule has 0 bridgehead atoms. The molecule has 26 heavy (non-hydrogen) atoms. The van der Waals surface area contributed by atoms with E-state index in [-0.39, 0.29) is 11.8 Å². The molecule has 2 heterocycles. The highest BCUT2D eigenvalue weighted by Gasteiger charge is 2.32. The molecule has 2 aliphatic rings. The number of nitrogens with zero attached hydrogens (tertiary/aromatic N) is 3. The number of hydrogen-bond acceptors (Lipinski definition) is 2. The molecule has 1 aromatic heterocycles. The van der Waals surface area contributed by atoms with Crippen LogP contribution in [0.4, 0.5) is 0 Å². The van der Waals surface area contributed by atoms with Crippen LogP contribution >= 0.6 is 0 Å². The lowest BCUT2D eigenvalue weighted by molar-refractivity contribution is -0.143. The summed E-state index contributed by atoms with van der Waals surface area (Å²) >= 11 is 0. The van der Waals surface area contributed by atoms with Crippen LogP contribution in [0.1, 0.15) is 30.5 Å². The molecule has 1 aromatic carbocycles. The van der Waals surface area contributed by atoms with Crippen LogP contribution in [0.3, 0.4) is 0 Å². The van der Waals surface area contributed by atoms with E-state index in [0.717, 1.165) is 24.1 Å². The summed E-state index contributed by atoms with van der Waals surface area (Å²) in [5.74, 6) is 0.712. The highest BCUT2D eigenvalue weighted by Crippen LogP contribution is 2.29. The molecule has 5 heteroatoms. The fourth-order valence-corrected chi connectivity index (χ4v) is 4.18. The van der Waals surface area contributed by atoms with Crippen molar-refractivity contribution < 1.29 is 9.59 Å². The molecule has 1 aliphatic carbocycles. The van der Waals surface area contributed by atoms with Crippen LogP contribution in [0.5, 0.6) is 0 Å². The maximum atomic E-state index is 12.9. The van der Waals surface area contributed by atoms with E-state index in [9.17, 15) is 9.59 Å². The summed E-state index contributed by atoms with van der Waals surface area (Å²) in [5.41, 5.74) is 3.45. The van der Waals surface area contributed by atoms with Gasteiger partial charge in [0.2, 0.25) is 11.8 Å². The van der Waals surface area contributed by atoms with Crippen molar-refractivity contribution in [2.45, 2.75) is 32.6 Å². The van der Waals surface area contributed by atoms with Gasteiger partial charge in [0.05, 0.1) is 6.42 Å². The fraction of sp³-hybridized carbons (Fsp3) is 0.524. The lowest BCUT2D eigenvalue weighted by Crippen LogP contribution is -2.52. The fourth-order valence-electron chi connectivity index (χ4n) is 4.18. The van der Waals surface area contributed by atoms with Gasteiger partial charge in [0, 0.05) is 55.7 Å². The minimum Gasteiger partial charge on any atom is -0.348 e. The summed E-state index contributed by atoms with van der Waals surface area (Å²) in [6, 6.07) is 8.26. The van der Waals surface area contributed by atoms with Crippen molar-refractivity contribution in [1.29, 1.82) is 0 Å². The molecule has 1 saturated heterocycles. The molecule has 4 rings (SSSR count). The predicted octanol–water partition coefficient (Wildman–Crippen LogP) is 2.50. The second-order valence-electron chi connectivity index (χ2n) is 7.65. The Morgan fingerprint density at radius 2 is 1.69 bits per heavy atom. The van der Waals surface area contributed by atoms with Crippen LogP contribution in [0.2, 0.25) is 0 Å². The number of rotatable bonds is 3.